The molecular formula is C13H22N4. The van der Waals surface area contributed by atoms with Crippen molar-refractivity contribution in [3.8, 4) is 0 Å². The summed E-state index contributed by atoms with van der Waals surface area (Å²) in [5.41, 5.74) is 8.02. The Labute approximate surface area is 103 Å². The van der Waals surface area contributed by atoms with Gasteiger partial charge in [0, 0.05) is 25.8 Å². The number of nitrogens with zero attached hydrogens (tertiary/aromatic N) is 3. The van der Waals surface area contributed by atoms with Crippen molar-refractivity contribution in [2.75, 3.05) is 37.8 Å². The Kier molecular flexibility index (Phi) is 3.52. The molecule has 2 rings (SSSR count). The number of likely N-dealkylation sites (N-methyl/N-ethyl adjacent to an activating group) is 2. The van der Waals surface area contributed by atoms with E-state index >= 15 is 0 Å². The fourth-order valence-electron chi connectivity index (χ4n) is 2.46. The van der Waals surface area contributed by atoms with Crippen LogP contribution < -0.4 is 10.6 Å². The largest absolute Gasteiger partial charge is 0.396 e. The minimum atomic E-state index is 0.519. The Morgan fingerprint density at radius 3 is 3.00 bits per heavy atom. The molecule has 2 N–H and O–H groups in total. The van der Waals surface area contributed by atoms with Crippen molar-refractivity contribution in [2.24, 2.45) is 0 Å². The smallest absolute Gasteiger partial charge is 0.152 e. The number of hydrogen-bond donors (Lipinski definition) is 1. The number of anilines is 2. The lowest BCUT2D eigenvalue weighted by molar-refractivity contribution is 0.247. The number of nitrogen functional groups attached to an aromatic ring is 1. The summed E-state index contributed by atoms with van der Waals surface area (Å²) in [6.07, 6.45) is 4.30. The Morgan fingerprint density at radius 2 is 2.29 bits per heavy atom. The number of rotatable bonds is 2. The molecule has 94 valence electrons. The van der Waals surface area contributed by atoms with Crippen LogP contribution in [-0.2, 0) is 0 Å². The van der Waals surface area contributed by atoms with E-state index in [-0.39, 0.29) is 0 Å². The molecule has 1 fully saturated rings. The normalized spacial score (nSPS) is 21.5. The zero-order chi connectivity index (χ0) is 12.4. The highest BCUT2D eigenvalue weighted by Gasteiger charge is 2.23. The topological polar surface area (TPSA) is 45.4 Å². The van der Waals surface area contributed by atoms with E-state index in [0.717, 1.165) is 23.6 Å². The number of aryl methyl sites for hydroxylation is 1. The third kappa shape index (κ3) is 2.52. The minimum Gasteiger partial charge on any atom is -0.396 e. The minimum absolute atomic E-state index is 0.519. The van der Waals surface area contributed by atoms with Gasteiger partial charge in [0.15, 0.2) is 5.82 Å². The Hall–Kier alpha value is -1.29. The Morgan fingerprint density at radius 1 is 1.53 bits per heavy atom. The van der Waals surface area contributed by atoms with Crippen LogP contribution in [0.1, 0.15) is 18.4 Å². The number of likely N-dealkylation sites (tertiary alicyclic amines) is 1. The van der Waals surface area contributed by atoms with Gasteiger partial charge in [-0.3, -0.25) is 0 Å². The summed E-state index contributed by atoms with van der Waals surface area (Å²) in [5.74, 6) is 0.922. The van der Waals surface area contributed by atoms with Crippen LogP contribution in [-0.4, -0.2) is 43.1 Å². The van der Waals surface area contributed by atoms with Gasteiger partial charge in [0.2, 0.25) is 0 Å². The van der Waals surface area contributed by atoms with Crippen LogP contribution in [0, 0.1) is 6.92 Å². The van der Waals surface area contributed by atoms with Gasteiger partial charge in [-0.15, -0.1) is 0 Å². The van der Waals surface area contributed by atoms with E-state index in [1.54, 1.807) is 0 Å². The van der Waals surface area contributed by atoms with E-state index in [9.17, 15) is 0 Å². The van der Waals surface area contributed by atoms with E-state index in [4.69, 9.17) is 5.73 Å². The predicted molar refractivity (Wildman–Crippen MR) is 72.3 cm³/mol. The molecule has 1 unspecified atom stereocenters. The molecule has 0 spiro atoms. The number of nitrogens with two attached hydrogens (primary N) is 1. The van der Waals surface area contributed by atoms with Crippen LogP contribution in [0.2, 0.25) is 0 Å². The molecular weight excluding hydrogens is 212 g/mol. The second kappa shape index (κ2) is 4.92. The van der Waals surface area contributed by atoms with Gasteiger partial charge in [-0.25, -0.2) is 4.98 Å². The summed E-state index contributed by atoms with van der Waals surface area (Å²) in [7, 11) is 4.27. The van der Waals surface area contributed by atoms with Gasteiger partial charge in [-0.2, -0.15) is 0 Å². The molecule has 0 amide bonds. The lowest BCUT2D eigenvalue weighted by atomic mass is 10.0. The first-order valence-corrected chi connectivity index (χ1v) is 6.22. The highest BCUT2D eigenvalue weighted by Crippen LogP contribution is 2.26. The number of aromatic nitrogens is 1. The molecule has 17 heavy (non-hydrogen) atoms. The van der Waals surface area contributed by atoms with Crippen molar-refractivity contribution in [3.63, 3.8) is 0 Å². The maximum Gasteiger partial charge on any atom is 0.152 e. The Bertz CT molecular complexity index is 391. The third-order valence-electron chi connectivity index (χ3n) is 3.67. The second-order valence-corrected chi connectivity index (χ2v) is 5.03. The molecule has 1 atom stereocenters. The van der Waals surface area contributed by atoms with Gasteiger partial charge in [-0.1, -0.05) is 0 Å². The van der Waals surface area contributed by atoms with Gasteiger partial charge >= 0.3 is 0 Å². The van der Waals surface area contributed by atoms with Gasteiger partial charge < -0.3 is 15.5 Å². The van der Waals surface area contributed by atoms with Crippen molar-refractivity contribution in [3.05, 3.63) is 17.8 Å². The SMILES string of the molecule is Cc1ccnc(N(C)C2CCCN(C)C2)c1N. The highest BCUT2D eigenvalue weighted by atomic mass is 15.2. The van der Waals surface area contributed by atoms with Crippen LogP contribution in [0.4, 0.5) is 11.5 Å². The molecule has 1 aromatic rings. The molecule has 0 saturated carbocycles. The molecule has 0 aliphatic carbocycles. The first-order valence-electron chi connectivity index (χ1n) is 6.22. The summed E-state index contributed by atoms with van der Waals surface area (Å²) in [6, 6.07) is 2.48. The molecule has 0 aromatic carbocycles. The summed E-state index contributed by atoms with van der Waals surface area (Å²) in [5, 5.41) is 0. The van der Waals surface area contributed by atoms with Gasteiger partial charge in [-0.05, 0) is 45.0 Å². The molecule has 1 saturated heterocycles. The summed E-state index contributed by atoms with van der Waals surface area (Å²) in [4.78, 5) is 9.03. The summed E-state index contributed by atoms with van der Waals surface area (Å²) >= 11 is 0. The molecule has 1 aliphatic heterocycles. The van der Waals surface area contributed by atoms with Crippen LogP contribution in [0.15, 0.2) is 12.3 Å². The molecule has 4 heteroatoms. The van der Waals surface area contributed by atoms with Crippen molar-refractivity contribution < 1.29 is 0 Å². The first kappa shape index (κ1) is 12.2. The standard InChI is InChI=1S/C13H22N4/c1-10-6-7-15-13(12(10)14)17(3)11-5-4-8-16(2)9-11/h6-7,11H,4-5,8-9,14H2,1-3H3. The quantitative estimate of drug-likeness (QED) is 0.842. The zero-order valence-electron chi connectivity index (χ0n) is 11.0. The third-order valence-corrected chi connectivity index (χ3v) is 3.67. The predicted octanol–water partition coefficient (Wildman–Crippen LogP) is 1.50. The lowest BCUT2D eigenvalue weighted by Crippen LogP contribution is -2.45. The zero-order valence-corrected chi connectivity index (χ0v) is 11.0. The lowest BCUT2D eigenvalue weighted by Gasteiger charge is -2.37. The van der Waals surface area contributed by atoms with Crippen LogP contribution in [0.3, 0.4) is 0 Å². The van der Waals surface area contributed by atoms with E-state index in [0.29, 0.717) is 6.04 Å². The molecule has 0 bridgehead atoms. The number of hydrogen-bond acceptors (Lipinski definition) is 4. The summed E-state index contributed by atoms with van der Waals surface area (Å²) < 4.78 is 0. The monoisotopic (exact) mass is 234 g/mol. The van der Waals surface area contributed by atoms with Crippen molar-refractivity contribution in [1.29, 1.82) is 0 Å². The molecule has 1 aromatic heterocycles. The van der Waals surface area contributed by atoms with Crippen molar-refractivity contribution in [1.82, 2.24) is 9.88 Å². The van der Waals surface area contributed by atoms with E-state index < -0.39 is 0 Å². The van der Waals surface area contributed by atoms with E-state index in [2.05, 4.69) is 28.9 Å². The second-order valence-electron chi connectivity index (χ2n) is 5.03. The van der Waals surface area contributed by atoms with Gasteiger partial charge in [0.1, 0.15) is 0 Å². The van der Waals surface area contributed by atoms with Crippen LogP contribution >= 0.6 is 0 Å². The molecule has 4 nitrogen and oxygen atoms in total. The van der Waals surface area contributed by atoms with E-state index in [1.807, 2.05) is 19.2 Å². The van der Waals surface area contributed by atoms with Gasteiger partial charge in [0.25, 0.3) is 0 Å². The fourth-order valence-corrected chi connectivity index (χ4v) is 2.46. The molecule has 0 radical (unpaired) electrons. The van der Waals surface area contributed by atoms with Crippen molar-refractivity contribution >= 4 is 11.5 Å². The molecule has 1 aliphatic rings. The number of piperidine rings is 1. The molecule has 2 heterocycles. The average molecular weight is 234 g/mol. The maximum absolute atomic E-state index is 6.11. The first-order chi connectivity index (χ1) is 8.09. The van der Waals surface area contributed by atoms with Crippen molar-refractivity contribution in [2.45, 2.75) is 25.8 Å². The van der Waals surface area contributed by atoms with Crippen LogP contribution in [0.5, 0.6) is 0 Å². The summed E-state index contributed by atoms with van der Waals surface area (Å²) in [6.45, 7) is 4.31. The van der Waals surface area contributed by atoms with E-state index in [1.165, 1.54) is 19.4 Å². The maximum atomic E-state index is 6.11. The Balaban J connectivity index is 2.18. The van der Waals surface area contributed by atoms with Crippen LogP contribution in [0.25, 0.3) is 0 Å². The number of pyridine rings is 1. The van der Waals surface area contributed by atoms with Gasteiger partial charge in [0.05, 0.1) is 5.69 Å². The fraction of sp³-hybridized carbons (Fsp3) is 0.615. The average Bonchev–Trinajstić information content (AvgIpc) is 2.32. The highest BCUT2D eigenvalue weighted by molar-refractivity contribution is 5.66.